The fourth-order valence-corrected chi connectivity index (χ4v) is 2.84. The van der Waals surface area contributed by atoms with Gasteiger partial charge in [-0.05, 0) is 18.3 Å². The maximum atomic E-state index is 12.0. The molecule has 0 aliphatic carbocycles. The van der Waals surface area contributed by atoms with E-state index in [1.54, 1.807) is 4.90 Å². The molecular formula is C13H23N3O3. The maximum absolute atomic E-state index is 12.0. The SMILES string of the molecule is CC1(C)CN(C(=O)C(O)[C@@H](N)C[C@@H]2CCNC2=O)C1. The number of carbonyl (C=O) groups excluding carboxylic acids is 2. The molecule has 2 fully saturated rings. The average molecular weight is 269 g/mol. The Kier molecular flexibility index (Phi) is 3.82. The molecule has 0 saturated carbocycles. The second-order valence-corrected chi connectivity index (χ2v) is 6.48. The first-order valence-electron chi connectivity index (χ1n) is 6.80. The summed E-state index contributed by atoms with van der Waals surface area (Å²) in [7, 11) is 0. The molecule has 1 unspecified atom stereocenters. The van der Waals surface area contributed by atoms with E-state index >= 15 is 0 Å². The van der Waals surface area contributed by atoms with E-state index in [0.29, 0.717) is 26.1 Å². The normalized spacial score (nSPS) is 28.5. The van der Waals surface area contributed by atoms with Crippen LogP contribution in [0.25, 0.3) is 0 Å². The minimum Gasteiger partial charge on any atom is -0.382 e. The summed E-state index contributed by atoms with van der Waals surface area (Å²) in [6.45, 7) is 6.11. The van der Waals surface area contributed by atoms with Crippen LogP contribution < -0.4 is 11.1 Å². The molecular weight excluding hydrogens is 246 g/mol. The standard InChI is InChI=1S/C13H23N3O3/c1-13(2)6-16(7-13)12(19)10(17)9(14)5-8-3-4-15-11(8)18/h8-10,17H,3-7,14H2,1-2H3,(H,15,18)/t8-,9-,10?/m0/s1. The largest absolute Gasteiger partial charge is 0.382 e. The van der Waals surface area contributed by atoms with Gasteiger partial charge in [0.05, 0.1) is 0 Å². The summed E-state index contributed by atoms with van der Waals surface area (Å²) in [5.41, 5.74) is 6.00. The summed E-state index contributed by atoms with van der Waals surface area (Å²) >= 11 is 0. The topological polar surface area (TPSA) is 95.7 Å². The first-order valence-corrected chi connectivity index (χ1v) is 6.80. The number of aliphatic hydroxyl groups excluding tert-OH is 1. The molecule has 2 heterocycles. The number of nitrogens with one attached hydrogen (secondary N) is 1. The number of amides is 2. The lowest BCUT2D eigenvalue weighted by atomic mass is 9.83. The third kappa shape index (κ3) is 3.06. The Morgan fingerprint density at radius 1 is 1.58 bits per heavy atom. The Bertz CT molecular complexity index is 375. The van der Waals surface area contributed by atoms with E-state index in [1.165, 1.54) is 0 Å². The van der Waals surface area contributed by atoms with Crippen molar-refractivity contribution in [1.29, 1.82) is 0 Å². The molecule has 0 radical (unpaired) electrons. The summed E-state index contributed by atoms with van der Waals surface area (Å²) in [6.07, 6.45) is -0.121. The number of hydrogen-bond acceptors (Lipinski definition) is 4. The van der Waals surface area contributed by atoms with Crippen molar-refractivity contribution in [3.63, 3.8) is 0 Å². The van der Waals surface area contributed by atoms with Crippen LogP contribution in [-0.4, -0.2) is 53.6 Å². The predicted molar refractivity (Wildman–Crippen MR) is 70.1 cm³/mol. The van der Waals surface area contributed by atoms with Crippen molar-refractivity contribution in [3.05, 3.63) is 0 Å². The highest BCUT2D eigenvalue weighted by Gasteiger charge is 2.41. The zero-order valence-electron chi connectivity index (χ0n) is 11.6. The summed E-state index contributed by atoms with van der Waals surface area (Å²) in [5, 5.41) is 12.7. The molecule has 0 aromatic heterocycles. The number of carbonyl (C=O) groups is 2. The smallest absolute Gasteiger partial charge is 0.253 e. The van der Waals surface area contributed by atoms with E-state index in [9.17, 15) is 14.7 Å². The average Bonchev–Trinajstić information content (AvgIpc) is 2.70. The highest BCUT2D eigenvalue weighted by molar-refractivity contribution is 5.83. The second kappa shape index (κ2) is 5.09. The lowest BCUT2D eigenvalue weighted by Crippen LogP contribution is -2.60. The number of rotatable bonds is 4. The van der Waals surface area contributed by atoms with Crippen molar-refractivity contribution >= 4 is 11.8 Å². The van der Waals surface area contributed by atoms with E-state index in [2.05, 4.69) is 19.2 Å². The van der Waals surface area contributed by atoms with Crippen LogP contribution in [0.4, 0.5) is 0 Å². The molecule has 0 aromatic carbocycles. The molecule has 4 N–H and O–H groups in total. The Morgan fingerprint density at radius 3 is 2.68 bits per heavy atom. The van der Waals surface area contributed by atoms with Crippen LogP contribution in [0.15, 0.2) is 0 Å². The van der Waals surface area contributed by atoms with Crippen molar-refractivity contribution in [2.24, 2.45) is 17.1 Å². The Morgan fingerprint density at radius 2 is 2.21 bits per heavy atom. The number of aliphatic hydroxyl groups is 1. The van der Waals surface area contributed by atoms with Gasteiger partial charge in [-0.1, -0.05) is 13.8 Å². The van der Waals surface area contributed by atoms with Crippen molar-refractivity contribution in [2.45, 2.75) is 38.8 Å². The zero-order chi connectivity index (χ0) is 14.2. The highest BCUT2D eigenvalue weighted by atomic mass is 16.3. The van der Waals surface area contributed by atoms with Crippen LogP contribution in [0.1, 0.15) is 26.7 Å². The molecule has 108 valence electrons. The van der Waals surface area contributed by atoms with E-state index in [0.717, 1.165) is 6.42 Å². The first-order chi connectivity index (χ1) is 8.80. The van der Waals surface area contributed by atoms with Gasteiger partial charge in [0.25, 0.3) is 5.91 Å². The van der Waals surface area contributed by atoms with Gasteiger partial charge in [0.15, 0.2) is 0 Å². The number of nitrogens with two attached hydrogens (primary N) is 1. The Balaban J connectivity index is 1.83. The monoisotopic (exact) mass is 269 g/mol. The van der Waals surface area contributed by atoms with Gasteiger partial charge in [-0.3, -0.25) is 9.59 Å². The first kappa shape index (κ1) is 14.3. The molecule has 0 aromatic rings. The summed E-state index contributed by atoms with van der Waals surface area (Å²) in [5.74, 6) is -0.518. The zero-order valence-corrected chi connectivity index (χ0v) is 11.6. The van der Waals surface area contributed by atoms with Gasteiger partial charge in [0.1, 0.15) is 6.10 Å². The van der Waals surface area contributed by atoms with Crippen LogP contribution in [0.3, 0.4) is 0 Å². The molecule has 0 bridgehead atoms. The second-order valence-electron chi connectivity index (χ2n) is 6.48. The van der Waals surface area contributed by atoms with E-state index in [-0.39, 0.29) is 23.1 Å². The highest BCUT2D eigenvalue weighted by Crippen LogP contribution is 2.29. The molecule has 6 heteroatoms. The Labute approximate surface area is 113 Å². The fourth-order valence-electron chi connectivity index (χ4n) is 2.84. The third-order valence-electron chi connectivity index (χ3n) is 3.93. The van der Waals surface area contributed by atoms with Gasteiger partial charge >= 0.3 is 0 Å². The third-order valence-corrected chi connectivity index (χ3v) is 3.93. The van der Waals surface area contributed by atoms with Gasteiger partial charge in [-0.15, -0.1) is 0 Å². The minimum absolute atomic E-state index is 0.0276. The van der Waals surface area contributed by atoms with Gasteiger partial charge in [0, 0.05) is 31.6 Å². The van der Waals surface area contributed by atoms with E-state index < -0.39 is 12.1 Å². The van der Waals surface area contributed by atoms with E-state index in [1.807, 2.05) is 0 Å². The van der Waals surface area contributed by atoms with Crippen molar-refractivity contribution in [3.8, 4) is 0 Å². The molecule has 2 saturated heterocycles. The van der Waals surface area contributed by atoms with Crippen molar-refractivity contribution in [2.75, 3.05) is 19.6 Å². The summed E-state index contributed by atoms with van der Waals surface area (Å²) in [6, 6.07) is -0.676. The molecule has 0 spiro atoms. The van der Waals surface area contributed by atoms with Crippen LogP contribution in [0.2, 0.25) is 0 Å². The lowest BCUT2D eigenvalue weighted by molar-refractivity contribution is -0.152. The van der Waals surface area contributed by atoms with Crippen LogP contribution in [-0.2, 0) is 9.59 Å². The molecule has 2 aliphatic heterocycles. The fraction of sp³-hybridized carbons (Fsp3) is 0.846. The van der Waals surface area contributed by atoms with Crippen LogP contribution in [0.5, 0.6) is 0 Å². The predicted octanol–water partition coefficient (Wildman–Crippen LogP) is -0.931. The Hall–Kier alpha value is -1.14. The minimum atomic E-state index is -1.20. The molecule has 3 atom stereocenters. The number of nitrogens with zero attached hydrogens (tertiary/aromatic N) is 1. The van der Waals surface area contributed by atoms with Gasteiger partial charge in [0.2, 0.25) is 5.91 Å². The van der Waals surface area contributed by atoms with Gasteiger partial charge in [-0.25, -0.2) is 0 Å². The van der Waals surface area contributed by atoms with Crippen molar-refractivity contribution in [1.82, 2.24) is 10.2 Å². The number of likely N-dealkylation sites (tertiary alicyclic amines) is 1. The molecule has 19 heavy (non-hydrogen) atoms. The van der Waals surface area contributed by atoms with Gasteiger partial charge < -0.3 is 21.1 Å². The van der Waals surface area contributed by atoms with Crippen LogP contribution >= 0.6 is 0 Å². The quantitative estimate of drug-likeness (QED) is 0.614. The molecule has 6 nitrogen and oxygen atoms in total. The maximum Gasteiger partial charge on any atom is 0.253 e. The lowest BCUT2D eigenvalue weighted by Gasteiger charge is -2.46. The molecule has 2 rings (SSSR count). The van der Waals surface area contributed by atoms with Crippen LogP contribution in [0, 0.1) is 11.3 Å². The van der Waals surface area contributed by atoms with Gasteiger partial charge in [-0.2, -0.15) is 0 Å². The summed E-state index contributed by atoms with van der Waals surface area (Å²) in [4.78, 5) is 25.1. The number of hydrogen-bond donors (Lipinski definition) is 3. The summed E-state index contributed by atoms with van der Waals surface area (Å²) < 4.78 is 0. The van der Waals surface area contributed by atoms with E-state index in [4.69, 9.17) is 5.73 Å². The molecule has 2 amide bonds. The molecule has 2 aliphatic rings. The van der Waals surface area contributed by atoms with Crippen molar-refractivity contribution < 1.29 is 14.7 Å².